The summed E-state index contributed by atoms with van der Waals surface area (Å²) < 4.78 is 0. The van der Waals surface area contributed by atoms with Crippen molar-refractivity contribution in [1.29, 1.82) is 0 Å². The van der Waals surface area contributed by atoms with Gasteiger partial charge >= 0.3 is 6.03 Å². The molecule has 1 aliphatic heterocycles. The van der Waals surface area contributed by atoms with Crippen molar-refractivity contribution in [3.63, 3.8) is 0 Å². The topological polar surface area (TPSA) is 141 Å². The highest BCUT2D eigenvalue weighted by Gasteiger charge is 2.20. The van der Waals surface area contributed by atoms with E-state index in [9.17, 15) is 4.79 Å². The molecule has 0 radical (unpaired) electrons. The number of hydrogen-bond acceptors (Lipinski definition) is 5. The second-order valence-corrected chi connectivity index (χ2v) is 8.17. The summed E-state index contributed by atoms with van der Waals surface area (Å²) in [5, 5.41) is 24.4. The number of rotatable bonds is 5. The Balaban J connectivity index is 0.000000629. The molecule has 3 rings (SSSR count). The zero-order chi connectivity index (χ0) is 25.5. The lowest BCUT2D eigenvalue weighted by Gasteiger charge is -2.25. The van der Waals surface area contributed by atoms with Crippen LogP contribution in [0.15, 0.2) is 42.7 Å². The number of nitrogens with one attached hydrogen (secondary N) is 3. The molecule has 1 saturated heterocycles. The molecule has 2 amide bonds. The number of hydrogen-bond donors (Lipinski definition) is 5. The summed E-state index contributed by atoms with van der Waals surface area (Å²) in [6, 6.07) is 9.89. The Labute approximate surface area is 201 Å². The van der Waals surface area contributed by atoms with E-state index in [0.717, 1.165) is 63.0 Å². The average molecular weight is 473 g/mol. The van der Waals surface area contributed by atoms with Crippen molar-refractivity contribution >= 4 is 18.0 Å². The second-order valence-electron chi connectivity index (χ2n) is 8.17. The molecule has 5 N–H and O–H groups in total. The normalized spacial score (nSPS) is 13.8. The molecule has 1 aromatic carbocycles. The first kappa shape index (κ1) is 28.6. The molecular weight excluding hydrogens is 436 g/mol. The maximum atomic E-state index is 12.6. The third-order valence-corrected chi connectivity index (χ3v) is 5.04. The number of carboxylic acids is 2. The number of aromatic nitrogens is 1. The lowest BCUT2D eigenvalue weighted by molar-refractivity contribution is -0.135. The number of carbonyl (C=O) groups excluding carboxylic acids is 1. The van der Waals surface area contributed by atoms with Gasteiger partial charge in [0.2, 0.25) is 0 Å². The van der Waals surface area contributed by atoms with E-state index in [-0.39, 0.29) is 12.1 Å². The third-order valence-electron chi connectivity index (χ3n) is 5.04. The van der Waals surface area contributed by atoms with Gasteiger partial charge in [0.05, 0.1) is 6.04 Å². The molecule has 9 heteroatoms. The van der Waals surface area contributed by atoms with Gasteiger partial charge in [-0.2, -0.15) is 0 Å². The highest BCUT2D eigenvalue weighted by molar-refractivity contribution is 5.75. The number of urea groups is 1. The van der Waals surface area contributed by atoms with Crippen molar-refractivity contribution < 1.29 is 24.6 Å². The molecule has 1 atom stereocenters. The number of piperidine rings is 1. The number of carboxylic acid groups (broad SMARTS) is 2. The Morgan fingerprint density at radius 3 is 2.24 bits per heavy atom. The van der Waals surface area contributed by atoms with Crippen LogP contribution in [-0.2, 0) is 9.59 Å². The number of aliphatic carboxylic acids is 2. The smallest absolute Gasteiger partial charge is 0.315 e. The van der Waals surface area contributed by atoms with E-state index in [1.54, 1.807) is 6.20 Å². The molecule has 0 aliphatic carbocycles. The first-order valence-corrected chi connectivity index (χ1v) is 11.2. The summed E-state index contributed by atoms with van der Waals surface area (Å²) in [4.78, 5) is 34.8. The molecule has 1 aromatic heterocycles. The molecule has 0 saturated carbocycles. The van der Waals surface area contributed by atoms with Gasteiger partial charge in [0, 0.05) is 32.8 Å². The van der Waals surface area contributed by atoms with E-state index in [2.05, 4.69) is 53.0 Å². The third kappa shape index (κ3) is 12.0. The predicted octanol–water partition coefficient (Wildman–Crippen LogP) is 3.27. The molecule has 1 unspecified atom stereocenters. The van der Waals surface area contributed by atoms with Crippen molar-refractivity contribution in [1.82, 2.24) is 20.9 Å². The van der Waals surface area contributed by atoms with Crippen LogP contribution in [0.4, 0.5) is 4.79 Å². The number of nitrogens with zero attached hydrogens (tertiary/aromatic N) is 1. The summed E-state index contributed by atoms with van der Waals surface area (Å²) >= 11 is 0. The molecule has 2 aromatic rings. The van der Waals surface area contributed by atoms with Gasteiger partial charge in [0.25, 0.3) is 11.9 Å². The summed E-state index contributed by atoms with van der Waals surface area (Å²) in [6.07, 6.45) is 5.80. The molecule has 2 heterocycles. The molecule has 9 nitrogen and oxygen atoms in total. The fourth-order valence-corrected chi connectivity index (χ4v) is 3.54. The Morgan fingerprint density at radius 1 is 1.09 bits per heavy atom. The van der Waals surface area contributed by atoms with Crippen LogP contribution in [-0.4, -0.2) is 52.8 Å². The number of aryl methyl sites for hydroxylation is 2. The zero-order valence-electron chi connectivity index (χ0n) is 20.3. The van der Waals surface area contributed by atoms with Crippen molar-refractivity contribution in [3.05, 3.63) is 65.0 Å². The molecule has 0 spiro atoms. The number of amides is 2. The Kier molecular flexibility index (Phi) is 12.9. The van der Waals surface area contributed by atoms with Crippen LogP contribution in [0.3, 0.4) is 0 Å². The monoisotopic (exact) mass is 472 g/mol. The average Bonchev–Trinajstić information content (AvgIpc) is 2.77. The molecular formula is C25H36N4O5. The van der Waals surface area contributed by atoms with E-state index >= 15 is 0 Å². The van der Waals surface area contributed by atoms with Crippen LogP contribution in [0.2, 0.25) is 0 Å². The standard InChI is InChI=1S/C21H28N4O.2C2H4O2/c1-15-5-6-19(16(2)12-15)20(18-4-3-9-23-14-18)25-21(26)24-13-17-7-10-22-11-8-17;2*1-2(3)4/h3-6,9,12,14,17,20,22H,7-8,10-11,13H2,1-2H3,(H2,24,25,26);2*1H3,(H,3,4). The first-order chi connectivity index (χ1) is 16.1. The van der Waals surface area contributed by atoms with Crippen LogP contribution in [0.1, 0.15) is 55.0 Å². The van der Waals surface area contributed by atoms with Gasteiger partial charge in [0.15, 0.2) is 0 Å². The van der Waals surface area contributed by atoms with Crippen molar-refractivity contribution in [2.75, 3.05) is 19.6 Å². The molecule has 34 heavy (non-hydrogen) atoms. The van der Waals surface area contributed by atoms with Gasteiger partial charge in [-0.1, -0.05) is 29.8 Å². The van der Waals surface area contributed by atoms with Crippen molar-refractivity contribution in [2.45, 2.75) is 46.6 Å². The maximum absolute atomic E-state index is 12.6. The largest absolute Gasteiger partial charge is 0.481 e. The minimum absolute atomic E-state index is 0.127. The highest BCUT2D eigenvalue weighted by atomic mass is 16.4. The van der Waals surface area contributed by atoms with E-state index in [0.29, 0.717) is 5.92 Å². The lowest BCUT2D eigenvalue weighted by atomic mass is 9.95. The SMILES string of the molecule is CC(=O)O.CC(=O)O.Cc1ccc(C(NC(=O)NCC2CCNCC2)c2cccnc2)c(C)c1. The summed E-state index contributed by atoms with van der Waals surface area (Å²) in [6.45, 7) is 9.12. The summed E-state index contributed by atoms with van der Waals surface area (Å²) in [5.41, 5.74) is 4.46. The summed E-state index contributed by atoms with van der Waals surface area (Å²) in [5.74, 6) is -1.11. The molecule has 0 bridgehead atoms. The Hall–Kier alpha value is -3.46. The van der Waals surface area contributed by atoms with Gasteiger partial charge in [0.1, 0.15) is 0 Å². The minimum atomic E-state index is -0.833. The van der Waals surface area contributed by atoms with Crippen LogP contribution < -0.4 is 16.0 Å². The predicted molar refractivity (Wildman–Crippen MR) is 131 cm³/mol. The highest BCUT2D eigenvalue weighted by Crippen LogP contribution is 2.25. The summed E-state index contributed by atoms with van der Waals surface area (Å²) in [7, 11) is 0. The van der Waals surface area contributed by atoms with Gasteiger partial charge < -0.3 is 26.2 Å². The van der Waals surface area contributed by atoms with E-state index in [1.807, 2.05) is 18.3 Å². The van der Waals surface area contributed by atoms with E-state index in [4.69, 9.17) is 19.8 Å². The van der Waals surface area contributed by atoms with Gasteiger partial charge in [-0.15, -0.1) is 0 Å². The van der Waals surface area contributed by atoms with Crippen LogP contribution in [0, 0.1) is 19.8 Å². The quantitative estimate of drug-likeness (QED) is 0.450. The van der Waals surface area contributed by atoms with E-state index < -0.39 is 11.9 Å². The van der Waals surface area contributed by atoms with E-state index in [1.165, 1.54) is 5.56 Å². The van der Waals surface area contributed by atoms with Crippen molar-refractivity contribution in [3.8, 4) is 0 Å². The van der Waals surface area contributed by atoms with Crippen LogP contribution in [0.5, 0.6) is 0 Å². The van der Waals surface area contributed by atoms with Gasteiger partial charge in [-0.05, 0) is 68.5 Å². The Morgan fingerprint density at radius 2 is 1.71 bits per heavy atom. The maximum Gasteiger partial charge on any atom is 0.315 e. The molecule has 1 fully saturated rings. The van der Waals surface area contributed by atoms with Crippen molar-refractivity contribution in [2.24, 2.45) is 5.92 Å². The molecule has 1 aliphatic rings. The lowest BCUT2D eigenvalue weighted by Crippen LogP contribution is -2.42. The van der Waals surface area contributed by atoms with Crippen LogP contribution >= 0.6 is 0 Å². The zero-order valence-corrected chi connectivity index (χ0v) is 20.3. The number of benzene rings is 1. The molecule has 186 valence electrons. The second kappa shape index (κ2) is 15.4. The van der Waals surface area contributed by atoms with Gasteiger partial charge in [-0.25, -0.2) is 4.79 Å². The number of pyridine rings is 1. The van der Waals surface area contributed by atoms with Crippen LogP contribution in [0.25, 0.3) is 0 Å². The fraction of sp³-hybridized carbons (Fsp3) is 0.440. The van der Waals surface area contributed by atoms with Gasteiger partial charge in [-0.3, -0.25) is 14.6 Å². The Bertz CT molecular complexity index is 895. The number of carbonyl (C=O) groups is 3. The fourth-order valence-electron chi connectivity index (χ4n) is 3.54. The minimum Gasteiger partial charge on any atom is -0.481 e. The first-order valence-electron chi connectivity index (χ1n) is 11.2.